The number of rotatable bonds is 8. The maximum absolute atomic E-state index is 5.71. The molecule has 0 amide bonds. The second-order valence-electron chi connectivity index (χ2n) is 4.16. The summed E-state index contributed by atoms with van der Waals surface area (Å²) in [4.78, 5) is 0. The van der Waals surface area contributed by atoms with E-state index in [4.69, 9.17) is 9.47 Å². The maximum Gasteiger partial charge on any atom is 0.119 e. The summed E-state index contributed by atoms with van der Waals surface area (Å²) in [7, 11) is 1.73. The minimum Gasteiger partial charge on any atom is -0.494 e. The number of aryl methyl sites for hydroxylation is 1. The van der Waals surface area contributed by atoms with Gasteiger partial charge in [0, 0.05) is 13.2 Å². The quantitative estimate of drug-likeness (QED) is 0.753. The first-order valence-electron chi connectivity index (χ1n) is 6.18. The van der Waals surface area contributed by atoms with E-state index in [0.717, 1.165) is 25.3 Å². The Morgan fingerprint density at radius 1 is 1.35 bits per heavy atom. The first-order chi connectivity index (χ1) is 8.26. The third kappa shape index (κ3) is 5.71. The molecule has 0 heterocycles. The molecule has 1 unspecified atom stereocenters. The maximum atomic E-state index is 5.71. The molecule has 0 saturated carbocycles. The molecule has 0 bridgehead atoms. The zero-order valence-corrected chi connectivity index (χ0v) is 11.0. The Labute approximate surface area is 104 Å². The van der Waals surface area contributed by atoms with Gasteiger partial charge >= 0.3 is 0 Å². The lowest BCUT2D eigenvalue weighted by molar-refractivity contribution is 0.153. The van der Waals surface area contributed by atoms with E-state index in [2.05, 4.69) is 31.3 Å². The van der Waals surface area contributed by atoms with Crippen LogP contribution in [-0.4, -0.2) is 32.9 Å². The molecule has 1 N–H and O–H groups in total. The van der Waals surface area contributed by atoms with Crippen LogP contribution in [0.2, 0.25) is 0 Å². The lowest BCUT2D eigenvalue weighted by Gasteiger charge is -2.17. The number of nitrogens with one attached hydrogen (secondary N) is 1. The van der Waals surface area contributed by atoms with Crippen LogP contribution in [0.25, 0.3) is 0 Å². The van der Waals surface area contributed by atoms with Crippen molar-refractivity contribution in [2.24, 2.45) is 0 Å². The first kappa shape index (κ1) is 14.0. The summed E-state index contributed by atoms with van der Waals surface area (Å²) >= 11 is 0. The van der Waals surface area contributed by atoms with Crippen molar-refractivity contribution in [3.8, 4) is 5.75 Å². The van der Waals surface area contributed by atoms with E-state index in [9.17, 15) is 0 Å². The molecule has 0 aliphatic rings. The van der Waals surface area contributed by atoms with Crippen molar-refractivity contribution in [2.75, 3.05) is 26.9 Å². The normalized spacial score (nSPS) is 12.4. The molecule has 3 heteroatoms. The Hall–Kier alpha value is -1.06. The van der Waals surface area contributed by atoms with Gasteiger partial charge in [0.05, 0.1) is 13.2 Å². The molecule has 3 nitrogen and oxygen atoms in total. The summed E-state index contributed by atoms with van der Waals surface area (Å²) in [5, 5.41) is 3.38. The predicted octanol–water partition coefficient (Wildman–Crippen LogP) is 2.39. The number of methoxy groups -OCH3 is 1. The molecule has 17 heavy (non-hydrogen) atoms. The highest BCUT2D eigenvalue weighted by molar-refractivity contribution is 5.27. The van der Waals surface area contributed by atoms with E-state index in [1.54, 1.807) is 7.11 Å². The van der Waals surface area contributed by atoms with Crippen molar-refractivity contribution in [1.29, 1.82) is 0 Å². The van der Waals surface area contributed by atoms with E-state index in [-0.39, 0.29) is 0 Å². The van der Waals surface area contributed by atoms with Crippen molar-refractivity contribution in [3.05, 3.63) is 29.8 Å². The highest BCUT2D eigenvalue weighted by atomic mass is 16.5. The largest absolute Gasteiger partial charge is 0.494 e. The molecule has 0 aromatic heterocycles. The molecule has 0 aliphatic heterocycles. The summed E-state index contributed by atoms with van der Waals surface area (Å²) in [5.41, 5.74) is 1.22. The standard InChI is InChI=1S/C14H23NO2/c1-4-15-13(11-16-3)8-9-17-14-7-5-6-12(2)10-14/h5-7,10,13,15H,4,8-9,11H2,1-3H3. The molecule has 0 saturated heterocycles. The molecule has 0 aliphatic carbocycles. The number of benzene rings is 1. The van der Waals surface area contributed by atoms with Crippen molar-refractivity contribution in [3.63, 3.8) is 0 Å². The minimum atomic E-state index is 0.370. The summed E-state index contributed by atoms with van der Waals surface area (Å²) in [6, 6.07) is 8.50. The van der Waals surface area contributed by atoms with Gasteiger partial charge in [0.15, 0.2) is 0 Å². The molecule has 1 atom stereocenters. The second-order valence-corrected chi connectivity index (χ2v) is 4.16. The van der Waals surface area contributed by atoms with Gasteiger partial charge in [-0.1, -0.05) is 19.1 Å². The fourth-order valence-electron chi connectivity index (χ4n) is 1.76. The SMILES string of the molecule is CCNC(CCOc1cccc(C)c1)COC. The van der Waals surface area contributed by atoms with Crippen LogP contribution in [-0.2, 0) is 4.74 Å². The third-order valence-corrected chi connectivity index (χ3v) is 2.59. The Balaban J connectivity index is 2.30. The van der Waals surface area contributed by atoms with Gasteiger partial charge in [0.25, 0.3) is 0 Å². The molecule has 1 aromatic carbocycles. The highest BCUT2D eigenvalue weighted by Crippen LogP contribution is 2.12. The van der Waals surface area contributed by atoms with E-state index >= 15 is 0 Å². The van der Waals surface area contributed by atoms with Gasteiger partial charge in [-0.3, -0.25) is 0 Å². The van der Waals surface area contributed by atoms with Gasteiger partial charge in [-0.15, -0.1) is 0 Å². The van der Waals surface area contributed by atoms with Crippen LogP contribution in [0.4, 0.5) is 0 Å². The van der Waals surface area contributed by atoms with Gasteiger partial charge in [0.2, 0.25) is 0 Å². The highest BCUT2D eigenvalue weighted by Gasteiger charge is 2.06. The lowest BCUT2D eigenvalue weighted by Crippen LogP contribution is -2.34. The van der Waals surface area contributed by atoms with Crippen molar-refractivity contribution < 1.29 is 9.47 Å². The van der Waals surface area contributed by atoms with E-state index in [1.807, 2.05) is 12.1 Å². The predicted molar refractivity (Wildman–Crippen MR) is 70.6 cm³/mol. The summed E-state index contributed by atoms with van der Waals surface area (Å²) < 4.78 is 10.9. The Bertz CT molecular complexity index is 309. The second kappa shape index (κ2) is 8.09. The van der Waals surface area contributed by atoms with Crippen molar-refractivity contribution in [2.45, 2.75) is 26.3 Å². The van der Waals surface area contributed by atoms with Crippen LogP contribution >= 0.6 is 0 Å². The molecular weight excluding hydrogens is 214 g/mol. The van der Waals surface area contributed by atoms with Gasteiger partial charge in [-0.05, 0) is 37.6 Å². The number of hydrogen-bond donors (Lipinski definition) is 1. The van der Waals surface area contributed by atoms with Gasteiger partial charge in [-0.2, -0.15) is 0 Å². The van der Waals surface area contributed by atoms with Crippen molar-refractivity contribution in [1.82, 2.24) is 5.32 Å². The number of likely N-dealkylation sites (N-methyl/N-ethyl adjacent to an activating group) is 1. The fourth-order valence-corrected chi connectivity index (χ4v) is 1.76. The fraction of sp³-hybridized carbons (Fsp3) is 0.571. The Morgan fingerprint density at radius 2 is 2.18 bits per heavy atom. The summed E-state index contributed by atoms with van der Waals surface area (Å²) in [5.74, 6) is 0.942. The lowest BCUT2D eigenvalue weighted by atomic mass is 10.2. The van der Waals surface area contributed by atoms with E-state index < -0.39 is 0 Å². The molecule has 96 valence electrons. The average molecular weight is 237 g/mol. The van der Waals surface area contributed by atoms with Gasteiger partial charge < -0.3 is 14.8 Å². The number of hydrogen-bond acceptors (Lipinski definition) is 3. The van der Waals surface area contributed by atoms with Crippen LogP contribution < -0.4 is 10.1 Å². The smallest absolute Gasteiger partial charge is 0.119 e. The summed E-state index contributed by atoms with van der Waals surface area (Å²) in [6.07, 6.45) is 0.954. The Kier molecular flexibility index (Phi) is 6.67. The summed E-state index contributed by atoms with van der Waals surface area (Å²) in [6.45, 7) is 6.57. The first-order valence-corrected chi connectivity index (χ1v) is 6.18. The van der Waals surface area contributed by atoms with Gasteiger partial charge in [0.1, 0.15) is 5.75 Å². The minimum absolute atomic E-state index is 0.370. The topological polar surface area (TPSA) is 30.5 Å². The van der Waals surface area contributed by atoms with Crippen LogP contribution in [0, 0.1) is 6.92 Å². The molecular formula is C14H23NO2. The van der Waals surface area contributed by atoms with Crippen LogP contribution in [0.15, 0.2) is 24.3 Å². The third-order valence-electron chi connectivity index (χ3n) is 2.59. The zero-order valence-electron chi connectivity index (χ0n) is 11.0. The molecule has 1 aromatic rings. The van der Waals surface area contributed by atoms with Crippen LogP contribution in [0.3, 0.4) is 0 Å². The zero-order chi connectivity index (χ0) is 12.5. The Morgan fingerprint density at radius 3 is 2.82 bits per heavy atom. The number of ether oxygens (including phenoxy) is 2. The molecule has 1 rings (SSSR count). The van der Waals surface area contributed by atoms with E-state index in [1.165, 1.54) is 5.56 Å². The molecule has 0 spiro atoms. The van der Waals surface area contributed by atoms with E-state index in [0.29, 0.717) is 12.6 Å². The molecule has 0 fully saturated rings. The van der Waals surface area contributed by atoms with Crippen LogP contribution in [0.1, 0.15) is 18.9 Å². The monoisotopic (exact) mass is 237 g/mol. The van der Waals surface area contributed by atoms with Crippen molar-refractivity contribution >= 4 is 0 Å². The van der Waals surface area contributed by atoms with Gasteiger partial charge in [-0.25, -0.2) is 0 Å². The molecule has 0 radical (unpaired) electrons. The average Bonchev–Trinajstić information content (AvgIpc) is 2.30. The van der Waals surface area contributed by atoms with Crippen LogP contribution in [0.5, 0.6) is 5.75 Å².